The van der Waals surface area contributed by atoms with E-state index < -0.39 is 26.0 Å². The van der Waals surface area contributed by atoms with Gasteiger partial charge in [-0.3, -0.25) is 0 Å². The fourth-order valence-electron chi connectivity index (χ4n) is 2.20. The molecule has 0 saturated carbocycles. The van der Waals surface area contributed by atoms with E-state index in [-0.39, 0.29) is 27.8 Å². The fourth-order valence-corrected chi connectivity index (χ4v) is 4.54. The van der Waals surface area contributed by atoms with Crippen LogP contribution >= 0.6 is 0 Å². The molecule has 0 aliphatic heterocycles. The Balaban J connectivity index is 2.32. The summed E-state index contributed by atoms with van der Waals surface area (Å²) in [5, 5.41) is 11.8. The summed E-state index contributed by atoms with van der Waals surface area (Å²) in [6.45, 7) is 1.19. The number of phenols is 1. The van der Waals surface area contributed by atoms with Crippen LogP contribution < -0.4 is 9.67 Å². The average Bonchev–Trinajstić information content (AvgIpc) is 2.54. The summed E-state index contributed by atoms with van der Waals surface area (Å²) < 4.78 is 27.4. The molecule has 2 rings (SSSR count). The molecule has 8 nitrogen and oxygen atoms in total. The van der Waals surface area contributed by atoms with Gasteiger partial charge in [0.25, 0.3) is 0 Å². The van der Waals surface area contributed by atoms with Crippen molar-refractivity contribution in [2.45, 2.75) is 13.3 Å². The first-order chi connectivity index (χ1) is 12.2. The number of hydrogen-bond donors (Lipinski definition) is 3. The molecular weight excluding hydrogens is 405 g/mol. The predicted molar refractivity (Wildman–Crippen MR) is 92.3 cm³/mol. The standard InChI is InChI=1S/C17H16AsNO7/c1-11(21)19-16-10-14(22)5-6-15(16)18(24,25)26-17(23)13-4-2-3-12(9-13)7-8-20/h2-6,8-10,22H,7H2,1H3,(H,19,21)(H,24,25). The Kier molecular flexibility index (Phi) is 6.02. The second-order valence-electron chi connectivity index (χ2n) is 5.35. The number of anilines is 1. The van der Waals surface area contributed by atoms with Crippen LogP contribution in [0, 0.1) is 0 Å². The summed E-state index contributed by atoms with van der Waals surface area (Å²) in [5.41, 5.74) is 0.447. The molecule has 0 saturated heterocycles. The number of phenolic OH excluding ortho intramolecular Hbond substituents is 1. The summed E-state index contributed by atoms with van der Waals surface area (Å²) >= 11 is -5.39. The molecule has 1 amide bonds. The molecule has 2 aromatic carbocycles. The third kappa shape index (κ3) is 4.84. The summed E-state index contributed by atoms with van der Waals surface area (Å²) in [4.78, 5) is 34.0. The quantitative estimate of drug-likeness (QED) is 0.458. The molecular formula is C17H16AsNO7. The van der Waals surface area contributed by atoms with E-state index in [9.17, 15) is 27.3 Å². The Morgan fingerprint density at radius 3 is 2.62 bits per heavy atom. The Hall–Kier alpha value is -2.83. The minimum absolute atomic E-state index is 0.0138. The Labute approximate surface area is 151 Å². The molecule has 136 valence electrons. The van der Waals surface area contributed by atoms with Crippen molar-refractivity contribution in [1.82, 2.24) is 0 Å². The Morgan fingerprint density at radius 2 is 1.96 bits per heavy atom. The number of benzene rings is 2. The molecule has 1 unspecified atom stereocenters. The molecule has 0 aliphatic rings. The fraction of sp³-hybridized carbons (Fsp3) is 0.118. The molecule has 0 heterocycles. The maximum absolute atomic E-state index is 12.6. The average molecular weight is 421 g/mol. The first kappa shape index (κ1) is 19.5. The van der Waals surface area contributed by atoms with Crippen LogP contribution in [0.5, 0.6) is 5.75 Å². The van der Waals surface area contributed by atoms with Gasteiger partial charge in [0.05, 0.1) is 0 Å². The van der Waals surface area contributed by atoms with Crippen LogP contribution in [0.25, 0.3) is 0 Å². The van der Waals surface area contributed by atoms with E-state index in [1.54, 1.807) is 6.07 Å². The van der Waals surface area contributed by atoms with Crippen molar-refractivity contribution in [3.63, 3.8) is 0 Å². The molecule has 0 radical (unpaired) electrons. The summed E-state index contributed by atoms with van der Waals surface area (Å²) in [5.74, 6) is -1.80. The van der Waals surface area contributed by atoms with Gasteiger partial charge in [0.15, 0.2) is 0 Å². The molecule has 0 aromatic heterocycles. The molecule has 0 aliphatic carbocycles. The molecule has 2 aromatic rings. The van der Waals surface area contributed by atoms with Crippen molar-refractivity contribution >= 4 is 42.4 Å². The van der Waals surface area contributed by atoms with Crippen LogP contribution in [0.3, 0.4) is 0 Å². The van der Waals surface area contributed by atoms with Crippen LogP contribution in [-0.2, 0) is 23.5 Å². The first-order valence-electron chi connectivity index (χ1n) is 7.43. The second-order valence-corrected chi connectivity index (χ2v) is 8.93. The third-order valence-corrected chi connectivity index (χ3v) is 6.25. The number of carbonyl (C=O) groups is 3. The normalized spacial score (nSPS) is 12.7. The van der Waals surface area contributed by atoms with Gasteiger partial charge in [-0.25, -0.2) is 0 Å². The van der Waals surface area contributed by atoms with Crippen molar-refractivity contribution in [1.29, 1.82) is 0 Å². The Bertz CT molecular complexity index is 910. The van der Waals surface area contributed by atoms with E-state index in [0.29, 0.717) is 11.8 Å². The SMILES string of the molecule is CC(=O)Nc1cc(O)ccc1[As](=O)(O)OC(=O)c1cccc(CC=O)c1. The van der Waals surface area contributed by atoms with Crippen molar-refractivity contribution < 1.29 is 31.1 Å². The minimum atomic E-state index is -5.39. The van der Waals surface area contributed by atoms with Crippen LogP contribution in [0.15, 0.2) is 42.5 Å². The zero-order chi connectivity index (χ0) is 19.3. The summed E-state index contributed by atoms with van der Waals surface area (Å²) in [6.07, 6.45) is 0.759. The third-order valence-electron chi connectivity index (χ3n) is 3.28. The van der Waals surface area contributed by atoms with Crippen LogP contribution in [0.4, 0.5) is 5.69 Å². The van der Waals surface area contributed by atoms with Crippen LogP contribution in [0.1, 0.15) is 22.8 Å². The maximum atomic E-state index is 12.6. The van der Waals surface area contributed by atoms with Gasteiger partial charge >= 0.3 is 151 Å². The van der Waals surface area contributed by atoms with Crippen molar-refractivity contribution in [2.24, 2.45) is 0 Å². The number of aldehydes is 1. The Morgan fingerprint density at radius 1 is 1.23 bits per heavy atom. The number of aromatic hydroxyl groups is 1. The van der Waals surface area contributed by atoms with Gasteiger partial charge in [0.1, 0.15) is 0 Å². The van der Waals surface area contributed by atoms with Gasteiger partial charge in [-0.2, -0.15) is 0 Å². The number of rotatable bonds is 6. The molecule has 0 spiro atoms. The predicted octanol–water partition coefficient (Wildman–Crippen LogP) is 0.518. The van der Waals surface area contributed by atoms with Gasteiger partial charge < -0.3 is 0 Å². The summed E-state index contributed by atoms with van der Waals surface area (Å²) in [6, 6.07) is 9.26. The van der Waals surface area contributed by atoms with E-state index in [1.807, 2.05) is 0 Å². The van der Waals surface area contributed by atoms with Gasteiger partial charge in [0, 0.05) is 0 Å². The topological polar surface area (TPSA) is 130 Å². The number of nitrogens with one attached hydrogen (secondary N) is 1. The van der Waals surface area contributed by atoms with Crippen molar-refractivity contribution in [3.05, 3.63) is 53.6 Å². The van der Waals surface area contributed by atoms with E-state index >= 15 is 0 Å². The summed E-state index contributed by atoms with van der Waals surface area (Å²) in [7, 11) is 0. The van der Waals surface area contributed by atoms with Gasteiger partial charge in [-0.1, -0.05) is 0 Å². The van der Waals surface area contributed by atoms with Crippen molar-refractivity contribution in [3.8, 4) is 5.75 Å². The van der Waals surface area contributed by atoms with Crippen molar-refractivity contribution in [2.75, 3.05) is 5.32 Å². The molecule has 9 heteroatoms. The monoisotopic (exact) mass is 421 g/mol. The number of amides is 1. The van der Waals surface area contributed by atoms with Gasteiger partial charge in [-0.05, 0) is 0 Å². The molecule has 3 N–H and O–H groups in total. The molecule has 0 fully saturated rings. The first-order valence-corrected chi connectivity index (χ1v) is 10.7. The number of carbonyl (C=O) groups excluding carboxylic acids is 3. The van der Waals surface area contributed by atoms with E-state index in [4.69, 9.17) is 3.73 Å². The van der Waals surface area contributed by atoms with Crippen LogP contribution in [0.2, 0.25) is 0 Å². The van der Waals surface area contributed by atoms with E-state index in [2.05, 4.69) is 5.32 Å². The molecule has 0 bridgehead atoms. The zero-order valence-corrected chi connectivity index (χ0v) is 15.6. The van der Waals surface area contributed by atoms with E-state index in [0.717, 1.165) is 18.2 Å². The van der Waals surface area contributed by atoms with Crippen LogP contribution in [-0.4, -0.2) is 41.5 Å². The zero-order valence-electron chi connectivity index (χ0n) is 13.7. The molecule has 26 heavy (non-hydrogen) atoms. The van der Waals surface area contributed by atoms with Gasteiger partial charge in [-0.15, -0.1) is 0 Å². The second kappa shape index (κ2) is 8.03. The number of hydrogen-bond acceptors (Lipinski definition) is 6. The van der Waals surface area contributed by atoms with Gasteiger partial charge in [0.2, 0.25) is 0 Å². The molecule has 1 atom stereocenters. The van der Waals surface area contributed by atoms with E-state index in [1.165, 1.54) is 25.1 Å².